The Balaban J connectivity index is 1.64. The zero-order valence-corrected chi connectivity index (χ0v) is 13.8. The van der Waals surface area contributed by atoms with Crippen LogP contribution in [0.2, 0.25) is 0 Å². The molecule has 3 heterocycles. The number of ether oxygens (including phenoxy) is 1. The Bertz CT molecular complexity index is 805. The second kappa shape index (κ2) is 7.56. The van der Waals surface area contributed by atoms with Crippen LogP contribution in [0.4, 0.5) is 19.0 Å². The molecular weight excluding hydrogens is 347 g/mol. The number of aromatic nitrogens is 3. The second-order valence-corrected chi connectivity index (χ2v) is 5.98. The minimum absolute atomic E-state index is 0.111. The van der Waals surface area contributed by atoms with Gasteiger partial charge in [0.05, 0.1) is 6.61 Å². The summed E-state index contributed by atoms with van der Waals surface area (Å²) in [5.74, 6) is 0.782. The molecule has 3 rings (SSSR count). The molecule has 1 aliphatic rings. The summed E-state index contributed by atoms with van der Waals surface area (Å²) in [5.41, 5.74) is -0.712. The molecule has 1 fully saturated rings. The van der Waals surface area contributed by atoms with E-state index in [0.717, 1.165) is 31.6 Å². The van der Waals surface area contributed by atoms with E-state index in [1.807, 2.05) is 11.0 Å². The lowest BCUT2D eigenvalue weighted by molar-refractivity contribution is -0.141. The highest BCUT2D eigenvalue weighted by atomic mass is 19.4. The van der Waals surface area contributed by atoms with Crippen LogP contribution in [0.1, 0.15) is 24.2 Å². The third-order valence-electron chi connectivity index (χ3n) is 4.11. The van der Waals surface area contributed by atoms with Gasteiger partial charge in [0, 0.05) is 43.7 Å². The van der Waals surface area contributed by atoms with Crippen LogP contribution >= 0.6 is 0 Å². The van der Waals surface area contributed by atoms with E-state index in [4.69, 9.17) is 10.00 Å². The van der Waals surface area contributed by atoms with Gasteiger partial charge in [0.2, 0.25) is 0 Å². The first-order valence-electron chi connectivity index (χ1n) is 8.09. The fourth-order valence-corrected chi connectivity index (χ4v) is 2.90. The average molecular weight is 363 g/mol. The van der Waals surface area contributed by atoms with Crippen LogP contribution in [0.3, 0.4) is 0 Å². The number of nitriles is 1. The minimum atomic E-state index is -4.50. The van der Waals surface area contributed by atoms with Gasteiger partial charge >= 0.3 is 6.18 Å². The van der Waals surface area contributed by atoms with Gasteiger partial charge in [-0.2, -0.15) is 18.4 Å². The molecule has 0 aromatic carbocycles. The number of alkyl halides is 3. The van der Waals surface area contributed by atoms with E-state index in [9.17, 15) is 13.2 Å². The molecule has 0 saturated carbocycles. The number of rotatable bonds is 4. The summed E-state index contributed by atoms with van der Waals surface area (Å²) < 4.78 is 43.7. The molecule has 136 valence electrons. The number of piperidine rings is 1. The van der Waals surface area contributed by atoms with Crippen molar-refractivity contribution in [1.29, 1.82) is 5.26 Å². The van der Waals surface area contributed by atoms with Crippen molar-refractivity contribution in [2.45, 2.75) is 19.0 Å². The molecule has 2 aromatic heterocycles. The molecule has 6 nitrogen and oxygen atoms in total. The average Bonchev–Trinajstić information content (AvgIpc) is 2.66. The predicted octanol–water partition coefficient (Wildman–Crippen LogP) is 3.06. The molecule has 0 aliphatic carbocycles. The third kappa shape index (κ3) is 4.20. The minimum Gasteiger partial charge on any atom is -0.493 e. The summed E-state index contributed by atoms with van der Waals surface area (Å²) in [6.45, 7) is 1.63. The van der Waals surface area contributed by atoms with Crippen LogP contribution < -0.4 is 9.64 Å². The van der Waals surface area contributed by atoms with E-state index in [0.29, 0.717) is 12.4 Å². The van der Waals surface area contributed by atoms with Gasteiger partial charge in [0.1, 0.15) is 17.5 Å². The maximum atomic E-state index is 12.7. The van der Waals surface area contributed by atoms with Crippen LogP contribution in [-0.4, -0.2) is 34.6 Å². The smallest absolute Gasteiger partial charge is 0.433 e. The maximum Gasteiger partial charge on any atom is 0.433 e. The van der Waals surface area contributed by atoms with Gasteiger partial charge in [-0.15, -0.1) is 0 Å². The van der Waals surface area contributed by atoms with Gasteiger partial charge in [-0.3, -0.25) is 4.98 Å². The summed E-state index contributed by atoms with van der Waals surface area (Å²) in [6.07, 6.45) is 1.35. The Morgan fingerprint density at radius 2 is 2.04 bits per heavy atom. The molecule has 0 bridgehead atoms. The molecule has 0 amide bonds. The lowest BCUT2D eigenvalue weighted by Crippen LogP contribution is -2.38. The predicted molar refractivity (Wildman–Crippen MR) is 86.4 cm³/mol. The van der Waals surface area contributed by atoms with Crippen molar-refractivity contribution in [1.82, 2.24) is 15.0 Å². The summed E-state index contributed by atoms with van der Waals surface area (Å²) in [7, 11) is 0. The lowest BCUT2D eigenvalue weighted by Gasteiger charge is -2.33. The molecule has 1 unspecified atom stereocenters. The molecule has 26 heavy (non-hydrogen) atoms. The van der Waals surface area contributed by atoms with Crippen LogP contribution in [0, 0.1) is 17.2 Å². The molecule has 9 heteroatoms. The van der Waals surface area contributed by atoms with Crippen molar-refractivity contribution in [2.24, 2.45) is 5.92 Å². The summed E-state index contributed by atoms with van der Waals surface area (Å²) in [4.78, 5) is 13.5. The number of anilines is 1. The zero-order chi connectivity index (χ0) is 18.6. The normalized spacial score (nSPS) is 17.6. The van der Waals surface area contributed by atoms with Crippen molar-refractivity contribution in [3.8, 4) is 11.8 Å². The van der Waals surface area contributed by atoms with E-state index in [1.54, 1.807) is 0 Å². The van der Waals surface area contributed by atoms with Crippen LogP contribution in [0.5, 0.6) is 5.75 Å². The van der Waals surface area contributed by atoms with Gasteiger partial charge in [0.15, 0.2) is 11.5 Å². The first kappa shape index (κ1) is 17.9. The first-order valence-corrected chi connectivity index (χ1v) is 8.09. The third-order valence-corrected chi connectivity index (χ3v) is 4.11. The zero-order valence-electron chi connectivity index (χ0n) is 13.8. The Kier molecular flexibility index (Phi) is 5.21. The van der Waals surface area contributed by atoms with Gasteiger partial charge in [-0.25, -0.2) is 9.97 Å². The maximum absolute atomic E-state index is 12.7. The van der Waals surface area contributed by atoms with E-state index in [2.05, 4.69) is 15.0 Å². The molecule has 1 aliphatic heterocycles. The fourth-order valence-electron chi connectivity index (χ4n) is 2.90. The molecule has 0 radical (unpaired) electrons. The SMILES string of the molecule is N#Cc1nccnc1N1CCCC(COc2ccnc(C(F)(F)F)c2)C1. The lowest BCUT2D eigenvalue weighted by atomic mass is 9.99. The molecule has 0 N–H and O–H groups in total. The highest BCUT2D eigenvalue weighted by molar-refractivity contribution is 5.49. The molecular formula is C17H16F3N5O. The van der Waals surface area contributed by atoms with E-state index >= 15 is 0 Å². The Morgan fingerprint density at radius 1 is 1.23 bits per heavy atom. The molecule has 2 aromatic rings. The van der Waals surface area contributed by atoms with Gasteiger partial charge in [-0.1, -0.05) is 0 Å². The Morgan fingerprint density at radius 3 is 2.81 bits per heavy atom. The van der Waals surface area contributed by atoms with Crippen molar-refractivity contribution in [3.05, 3.63) is 42.1 Å². The number of hydrogen-bond acceptors (Lipinski definition) is 6. The van der Waals surface area contributed by atoms with Crippen LogP contribution in [0.15, 0.2) is 30.7 Å². The Labute approximate surface area is 148 Å². The molecule has 1 atom stereocenters. The van der Waals surface area contributed by atoms with Gasteiger partial charge < -0.3 is 9.64 Å². The van der Waals surface area contributed by atoms with E-state index in [1.165, 1.54) is 18.5 Å². The second-order valence-electron chi connectivity index (χ2n) is 5.98. The van der Waals surface area contributed by atoms with E-state index < -0.39 is 11.9 Å². The van der Waals surface area contributed by atoms with Crippen LogP contribution in [0.25, 0.3) is 0 Å². The summed E-state index contributed by atoms with van der Waals surface area (Å²) in [6, 6.07) is 4.33. The van der Waals surface area contributed by atoms with Crippen LogP contribution in [-0.2, 0) is 6.18 Å². The number of hydrogen-bond donors (Lipinski definition) is 0. The summed E-state index contributed by atoms with van der Waals surface area (Å²) >= 11 is 0. The standard InChI is InChI=1S/C17H16F3N5O/c18-17(19,20)15-8-13(3-4-23-15)26-11-12-2-1-7-25(10-12)16-14(9-21)22-5-6-24-16/h3-6,8,12H,1-2,7,10-11H2. The van der Waals surface area contributed by atoms with Gasteiger partial charge in [0.25, 0.3) is 0 Å². The van der Waals surface area contributed by atoms with E-state index in [-0.39, 0.29) is 24.0 Å². The molecule has 1 saturated heterocycles. The topological polar surface area (TPSA) is 74.9 Å². The van der Waals surface area contributed by atoms with Gasteiger partial charge in [-0.05, 0) is 18.9 Å². The van der Waals surface area contributed by atoms with Crippen molar-refractivity contribution in [2.75, 3.05) is 24.6 Å². The van der Waals surface area contributed by atoms with Crippen molar-refractivity contribution >= 4 is 5.82 Å². The quantitative estimate of drug-likeness (QED) is 0.831. The fraction of sp³-hybridized carbons (Fsp3) is 0.412. The summed E-state index contributed by atoms with van der Waals surface area (Å²) in [5, 5.41) is 9.16. The first-order chi connectivity index (χ1) is 12.5. The Hall–Kier alpha value is -2.89. The number of nitrogens with zero attached hydrogens (tertiary/aromatic N) is 5. The number of pyridine rings is 1. The number of halogens is 3. The largest absolute Gasteiger partial charge is 0.493 e. The highest BCUT2D eigenvalue weighted by Gasteiger charge is 2.32. The highest BCUT2D eigenvalue weighted by Crippen LogP contribution is 2.30. The van der Waals surface area contributed by atoms with Crippen molar-refractivity contribution < 1.29 is 17.9 Å². The molecule has 0 spiro atoms. The monoisotopic (exact) mass is 363 g/mol. The van der Waals surface area contributed by atoms with Crippen molar-refractivity contribution in [3.63, 3.8) is 0 Å².